The molecule has 0 unspecified atom stereocenters. The fraction of sp³-hybridized carbons (Fsp3) is 0.308. The van der Waals surface area contributed by atoms with Crippen LogP contribution >= 0.6 is 0 Å². The summed E-state index contributed by atoms with van der Waals surface area (Å²) in [5, 5.41) is 0. The first-order valence-electron chi connectivity index (χ1n) is 4.99. The number of hydrogen-bond acceptors (Lipinski definition) is 1. The van der Waals surface area contributed by atoms with Crippen molar-refractivity contribution in [2.75, 3.05) is 0 Å². The standard InChI is InChI=1S/C13H18N2/c1-8-6-13(7-9(2)10(8)3)11(4)15-12(5)14/h6-7H,4H2,1-3,5H3,(H2,14,15). The van der Waals surface area contributed by atoms with E-state index < -0.39 is 0 Å². The van der Waals surface area contributed by atoms with Crippen molar-refractivity contribution in [3.8, 4) is 0 Å². The molecule has 2 heteroatoms. The van der Waals surface area contributed by atoms with Gasteiger partial charge < -0.3 is 5.73 Å². The van der Waals surface area contributed by atoms with Gasteiger partial charge in [0.25, 0.3) is 0 Å². The van der Waals surface area contributed by atoms with Crippen LogP contribution in [-0.2, 0) is 0 Å². The third-order valence-corrected chi connectivity index (χ3v) is 2.57. The molecule has 0 atom stereocenters. The number of hydrogen-bond donors (Lipinski definition) is 1. The van der Waals surface area contributed by atoms with Gasteiger partial charge in [-0.1, -0.05) is 6.58 Å². The first kappa shape index (κ1) is 11.5. The van der Waals surface area contributed by atoms with E-state index in [4.69, 9.17) is 5.73 Å². The van der Waals surface area contributed by atoms with Gasteiger partial charge in [0.1, 0.15) is 0 Å². The number of nitrogens with zero attached hydrogens (tertiary/aromatic N) is 1. The van der Waals surface area contributed by atoms with E-state index in [9.17, 15) is 0 Å². The molecule has 0 aliphatic carbocycles. The Kier molecular flexibility index (Phi) is 3.30. The van der Waals surface area contributed by atoms with Gasteiger partial charge in [-0.25, -0.2) is 4.99 Å². The second-order valence-corrected chi connectivity index (χ2v) is 3.93. The summed E-state index contributed by atoms with van der Waals surface area (Å²) in [5.74, 6) is 0.538. The van der Waals surface area contributed by atoms with Crippen LogP contribution in [0.3, 0.4) is 0 Å². The van der Waals surface area contributed by atoms with Crippen LogP contribution in [0.2, 0.25) is 0 Å². The maximum absolute atomic E-state index is 5.53. The van der Waals surface area contributed by atoms with Gasteiger partial charge in [0.2, 0.25) is 0 Å². The van der Waals surface area contributed by atoms with Crippen molar-refractivity contribution in [3.05, 3.63) is 41.0 Å². The molecule has 0 aromatic heterocycles. The molecule has 0 bridgehead atoms. The maximum Gasteiger partial charge on any atom is 0.0964 e. The third-order valence-electron chi connectivity index (χ3n) is 2.57. The van der Waals surface area contributed by atoms with Gasteiger partial charge in [0.15, 0.2) is 0 Å². The highest BCUT2D eigenvalue weighted by atomic mass is 14.8. The van der Waals surface area contributed by atoms with Crippen LogP contribution in [0.1, 0.15) is 29.2 Å². The van der Waals surface area contributed by atoms with E-state index in [0.29, 0.717) is 5.84 Å². The minimum Gasteiger partial charge on any atom is -0.387 e. The second kappa shape index (κ2) is 4.30. The van der Waals surface area contributed by atoms with Crippen molar-refractivity contribution in [1.29, 1.82) is 0 Å². The van der Waals surface area contributed by atoms with Crippen LogP contribution in [-0.4, -0.2) is 5.84 Å². The third kappa shape index (κ3) is 2.69. The molecule has 0 saturated carbocycles. The molecule has 0 amide bonds. The van der Waals surface area contributed by atoms with Gasteiger partial charge in [-0.15, -0.1) is 0 Å². The Balaban J connectivity index is 3.18. The molecule has 0 fully saturated rings. The summed E-state index contributed by atoms with van der Waals surface area (Å²) in [5.41, 5.74) is 11.1. The average Bonchev–Trinajstić information content (AvgIpc) is 2.12. The first-order chi connectivity index (χ1) is 6.91. The lowest BCUT2D eigenvalue weighted by atomic mass is 9.99. The van der Waals surface area contributed by atoms with Crippen molar-refractivity contribution in [3.63, 3.8) is 0 Å². The average molecular weight is 202 g/mol. The van der Waals surface area contributed by atoms with Gasteiger partial charge >= 0.3 is 0 Å². The van der Waals surface area contributed by atoms with Crippen LogP contribution < -0.4 is 5.73 Å². The molecule has 0 saturated heterocycles. The number of amidine groups is 1. The summed E-state index contributed by atoms with van der Waals surface area (Å²) in [7, 11) is 0. The molecular formula is C13H18N2. The number of aliphatic imine (C=N–C) groups is 1. The van der Waals surface area contributed by atoms with Crippen molar-refractivity contribution in [1.82, 2.24) is 0 Å². The topological polar surface area (TPSA) is 38.4 Å². The van der Waals surface area contributed by atoms with Gasteiger partial charge in [0.05, 0.1) is 11.5 Å². The van der Waals surface area contributed by atoms with Crippen molar-refractivity contribution in [2.45, 2.75) is 27.7 Å². The summed E-state index contributed by atoms with van der Waals surface area (Å²) in [4.78, 5) is 4.16. The molecule has 2 N–H and O–H groups in total. The van der Waals surface area contributed by atoms with Crippen molar-refractivity contribution >= 4 is 11.5 Å². The van der Waals surface area contributed by atoms with Crippen LogP contribution in [0.5, 0.6) is 0 Å². The number of aryl methyl sites for hydroxylation is 2. The molecule has 0 heterocycles. The van der Waals surface area contributed by atoms with E-state index in [1.54, 1.807) is 6.92 Å². The normalized spacial score (nSPS) is 11.6. The maximum atomic E-state index is 5.53. The second-order valence-electron chi connectivity index (χ2n) is 3.93. The van der Waals surface area contributed by atoms with E-state index in [0.717, 1.165) is 11.3 Å². The molecule has 0 radical (unpaired) electrons. The van der Waals surface area contributed by atoms with E-state index in [2.05, 4.69) is 44.5 Å². The Morgan fingerprint density at radius 2 is 1.67 bits per heavy atom. The van der Waals surface area contributed by atoms with E-state index >= 15 is 0 Å². The Morgan fingerprint density at radius 3 is 2.07 bits per heavy atom. The molecule has 1 rings (SSSR count). The Morgan fingerprint density at radius 1 is 1.20 bits per heavy atom. The molecule has 2 nitrogen and oxygen atoms in total. The summed E-state index contributed by atoms with van der Waals surface area (Å²) in [6.45, 7) is 12.0. The highest BCUT2D eigenvalue weighted by Crippen LogP contribution is 2.21. The molecule has 15 heavy (non-hydrogen) atoms. The predicted octanol–water partition coefficient (Wildman–Crippen LogP) is 2.96. The van der Waals surface area contributed by atoms with Crippen LogP contribution in [0.25, 0.3) is 5.70 Å². The van der Waals surface area contributed by atoms with E-state index in [1.807, 2.05) is 0 Å². The zero-order valence-corrected chi connectivity index (χ0v) is 9.89. The minimum absolute atomic E-state index is 0.538. The summed E-state index contributed by atoms with van der Waals surface area (Å²) in [6.07, 6.45) is 0. The number of nitrogens with two attached hydrogens (primary N) is 1. The summed E-state index contributed by atoms with van der Waals surface area (Å²) < 4.78 is 0. The summed E-state index contributed by atoms with van der Waals surface area (Å²) in [6, 6.07) is 4.19. The molecule has 80 valence electrons. The number of rotatable bonds is 2. The molecule has 1 aromatic carbocycles. The monoisotopic (exact) mass is 202 g/mol. The molecule has 0 aliphatic heterocycles. The van der Waals surface area contributed by atoms with Crippen LogP contribution in [0, 0.1) is 20.8 Å². The predicted molar refractivity (Wildman–Crippen MR) is 67.0 cm³/mol. The molecule has 0 spiro atoms. The van der Waals surface area contributed by atoms with Crippen molar-refractivity contribution < 1.29 is 0 Å². The van der Waals surface area contributed by atoms with Gasteiger partial charge in [0, 0.05) is 5.56 Å². The van der Waals surface area contributed by atoms with Crippen molar-refractivity contribution in [2.24, 2.45) is 10.7 Å². The fourth-order valence-corrected chi connectivity index (χ4v) is 1.48. The zero-order chi connectivity index (χ0) is 11.6. The number of benzene rings is 1. The van der Waals surface area contributed by atoms with Crippen LogP contribution in [0.15, 0.2) is 23.7 Å². The zero-order valence-electron chi connectivity index (χ0n) is 9.89. The highest BCUT2D eigenvalue weighted by molar-refractivity contribution is 5.84. The van der Waals surface area contributed by atoms with Gasteiger partial charge in [-0.3, -0.25) is 0 Å². The SMILES string of the molecule is C=C(N=C(C)N)c1cc(C)c(C)c(C)c1. The lowest BCUT2D eigenvalue weighted by Gasteiger charge is -2.08. The van der Waals surface area contributed by atoms with E-state index in [1.165, 1.54) is 16.7 Å². The first-order valence-corrected chi connectivity index (χ1v) is 4.99. The minimum atomic E-state index is 0.538. The van der Waals surface area contributed by atoms with Gasteiger partial charge in [-0.05, 0) is 56.5 Å². The lowest BCUT2D eigenvalue weighted by Crippen LogP contribution is -2.05. The Bertz CT molecular complexity index is 401. The highest BCUT2D eigenvalue weighted by Gasteiger charge is 2.03. The van der Waals surface area contributed by atoms with Gasteiger partial charge in [-0.2, -0.15) is 0 Å². The Hall–Kier alpha value is -1.57. The molecular weight excluding hydrogens is 184 g/mol. The molecule has 1 aromatic rings. The van der Waals surface area contributed by atoms with Crippen LogP contribution in [0.4, 0.5) is 0 Å². The molecule has 0 aliphatic rings. The smallest absolute Gasteiger partial charge is 0.0964 e. The largest absolute Gasteiger partial charge is 0.387 e. The quantitative estimate of drug-likeness (QED) is 0.581. The van der Waals surface area contributed by atoms with E-state index in [-0.39, 0.29) is 0 Å². The fourth-order valence-electron chi connectivity index (χ4n) is 1.48. The lowest BCUT2D eigenvalue weighted by molar-refractivity contribution is 1.25. The Labute approximate surface area is 91.5 Å². The summed E-state index contributed by atoms with van der Waals surface area (Å²) >= 11 is 0.